The van der Waals surface area contributed by atoms with Crippen molar-refractivity contribution in [1.29, 1.82) is 0 Å². The minimum absolute atomic E-state index is 0.199. The zero-order valence-electron chi connectivity index (χ0n) is 11.4. The lowest BCUT2D eigenvalue weighted by molar-refractivity contribution is -0.114. The normalized spacial score (nSPS) is 18.6. The average Bonchev–Trinajstić information content (AvgIpc) is 3.26. The van der Waals surface area contributed by atoms with Gasteiger partial charge in [0.1, 0.15) is 6.79 Å². The Morgan fingerprint density at radius 1 is 1.32 bits per heavy atom. The molecule has 1 aliphatic rings. The number of hydrogen-bond donors (Lipinski definition) is 1. The predicted molar refractivity (Wildman–Crippen MR) is 74.5 cm³/mol. The van der Waals surface area contributed by atoms with E-state index in [9.17, 15) is 5.11 Å². The Labute approximate surface area is 114 Å². The SMILES string of the molecule is C[C@H](OCOCc1ccccc1)[C@H](O)/C=C/C1CC1. The topological polar surface area (TPSA) is 38.7 Å². The van der Waals surface area contributed by atoms with Crippen molar-refractivity contribution >= 4 is 0 Å². The number of ether oxygens (including phenoxy) is 2. The molecular weight excluding hydrogens is 240 g/mol. The highest BCUT2D eigenvalue weighted by Crippen LogP contribution is 2.30. The van der Waals surface area contributed by atoms with Crippen LogP contribution >= 0.6 is 0 Å². The van der Waals surface area contributed by atoms with Crippen LogP contribution in [0.25, 0.3) is 0 Å². The van der Waals surface area contributed by atoms with Crippen LogP contribution in [0.3, 0.4) is 0 Å². The molecule has 0 amide bonds. The number of rotatable bonds is 8. The highest BCUT2D eigenvalue weighted by atomic mass is 16.7. The van der Waals surface area contributed by atoms with Gasteiger partial charge in [-0.2, -0.15) is 0 Å². The standard InChI is InChI=1S/C16H22O3/c1-13(16(17)10-9-14-7-8-14)19-12-18-11-15-5-3-2-4-6-15/h2-6,9-10,13-14,16-17H,7-8,11-12H2,1H3/b10-9+/t13-,16+/m0/s1. The highest BCUT2D eigenvalue weighted by molar-refractivity contribution is 5.13. The maximum atomic E-state index is 9.84. The van der Waals surface area contributed by atoms with Gasteiger partial charge < -0.3 is 14.6 Å². The fourth-order valence-corrected chi connectivity index (χ4v) is 1.70. The molecule has 2 atom stereocenters. The van der Waals surface area contributed by atoms with Gasteiger partial charge in [-0.1, -0.05) is 42.5 Å². The summed E-state index contributed by atoms with van der Waals surface area (Å²) in [5.41, 5.74) is 1.12. The zero-order valence-corrected chi connectivity index (χ0v) is 11.4. The molecule has 1 saturated carbocycles. The van der Waals surface area contributed by atoms with Gasteiger partial charge >= 0.3 is 0 Å². The first-order valence-electron chi connectivity index (χ1n) is 6.85. The van der Waals surface area contributed by atoms with E-state index in [0.717, 1.165) is 5.56 Å². The molecule has 0 saturated heterocycles. The van der Waals surface area contributed by atoms with Gasteiger partial charge in [0.05, 0.1) is 18.8 Å². The predicted octanol–water partition coefficient (Wildman–Crippen LogP) is 2.89. The van der Waals surface area contributed by atoms with E-state index in [1.807, 2.05) is 43.3 Å². The van der Waals surface area contributed by atoms with Crippen molar-refractivity contribution in [2.24, 2.45) is 5.92 Å². The fourth-order valence-electron chi connectivity index (χ4n) is 1.70. The molecule has 2 rings (SSSR count). The van der Waals surface area contributed by atoms with Crippen LogP contribution in [0.15, 0.2) is 42.5 Å². The molecule has 19 heavy (non-hydrogen) atoms. The molecule has 0 aliphatic heterocycles. The van der Waals surface area contributed by atoms with Crippen molar-refractivity contribution in [3.8, 4) is 0 Å². The molecule has 0 spiro atoms. The van der Waals surface area contributed by atoms with Gasteiger partial charge in [-0.25, -0.2) is 0 Å². The third-order valence-corrected chi connectivity index (χ3v) is 3.21. The zero-order chi connectivity index (χ0) is 13.5. The lowest BCUT2D eigenvalue weighted by Crippen LogP contribution is -2.25. The number of hydrogen-bond acceptors (Lipinski definition) is 3. The number of aliphatic hydroxyl groups is 1. The first-order chi connectivity index (χ1) is 9.25. The van der Waals surface area contributed by atoms with Crippen molar-refractivity contribution in [3.05, 3.63) is 48.0 Å². The minimum Gasteiger partial charge on any atom is -0.386 e. The summed E-state index contributed by atoms with van der Waals surface area (Å²) < 4.78 is 10.9. The van der Waals surface area contributed by atoms with Crippen LogP contribution in [0.2, 0.25) is 0 Å². The van der Waals surface area contributed by atoms with Gasteiger partial charge in [0, 0.05) is 0 Å². The van der Waals surface area contributed by atoms with E-state index in [2.05, 4.69) is 6.08 Å². The molecule has 1 aliphatic carbocycles. The Hall–Kier alpha value is -1.16. The van der Waals surface area contributed by atoms with Crippen LogP contribution in [0.1, 0.15) is 25.3 Å². The molecule has 0 aromatic heterocycles. The summed E-state index contributed by atoms with van der Waals surface area (Å²) in [5, 5.41) is 9.84. The van der Waals surface area contributed by atoms with Crippen molar-refractivity contribution in [1.82, 2.24) is 0 Å². The van der Waals surface area contributed by atoms with E-state index in [4.69, 9.17) is 9.47 Å². The van der Waals surface area contributed by atoms with E-state index in [-0.39, 0.29) is 12.9 Å². The third kappa shape index (κ3) is 5.55. The van der Waals surface area contributed by atoms with E-state index >= 15 is 0 Å². The Morgan fingerprint density at radius 3 is 2.74 bits per heavy atom. The van der Waals surface area contributed by atoms with Crippen molar-refractivity contribution in [2.45, 2.75) is 38.6 Å². The average molecular weight is 262 g/mol. The lowest BCUT2D eigenvalue weighted by atomic mass is 10.2. The van der Waals surface area contributed by atoms with Gasteiger partial charge in [-0.05, 0) is 31.2 Å². The third-order valence-electron chi connectivity index (χ3n) is 3.21. The lowest BCUT2D eigenvalue weighted by Gasteiger charge is -2.16. The first-order valence-corrected chi connectivity index (χ1v) is 6.85. The molecule has 0 heterocycles. The molecule has 1 N–H and O–H groups in total. The molecule has 0 bridgehead atoms. The second-order valence-electron chi connectivity index (χ2n) is 5.04. The summed E-state index contributed by atoms with van der Waals surface area (Å²) in [6.07, 6.45) is 5.61. The van der Waals surface area contributed by atoms with E-state index in [1.54, 1.807) is 0 Å². The second kappa shape index (κ2) is 7.43. The van der Waals surface area contributed by atoms with E-state index < -0.39 is 6.10 Å². The molecule has 104 valence electrons. The fraction of sp³-hybridized carbons (Fsp3) is 0.500. The molecular formula is C16H22O3. The first kappa shape index (κ1) is 14.3. The Kier molecular flexibility index (Phi) is 5.58. The molecule has 0 radical (unpaired) electrons. The van der Waals surface area contributed by atoms with Gasteiger partial charge in [-0.3, -0.25) is 0 Å². The number of benzene rings is 1. The van der Waals surface area contributed by atoms with Crippen molar-refractivity contribution < 1.29 is 14.6 Å². The summed E-state index contributed by atoms with van der Waals surface area (Å²) in [7, 11) is 0. The van der Waals surface area contributed by atoms with Crippen molar-refractivity contribution in [2.75, 3.05) is 6.79 Å². The maximum Gasteiger partial charge on any atom is 0.147 e. The smallest absolute Gasteiger partial charge is 0.147 e. The molecule has 0 unspecified atom stereocenters. The summed E-state index contributed by atoms with van der Waals surface area (Å²) in [5.74, 6) is 0.677. The van der Waals surface area contributed by atoms with Crippen LogP contribution in [0.4, 0.5) is 0 Å². The van der Waals surface area contributed by atoms with E-state index in [1.165, 1.54) is 12.8 Å². The van der Waals surface area contributed by atoms with Crippen LogP contribution in [-0.2, 0) is 16.1 Å². The second-order valence-corrected chi connectivity index (χ2v) is 5.04. The van der Waals surface area contributed by atoms with Gasteiger partial charge in [-0.15, -0.1) is 0 Å². The summed E-state index contributed by atoms with van der Waals surface area (Å²) in [6.45, 7) is 2.58. The molecule has 3 heteroatoms. The quantitative estimate of drug-likeness (QED) is 0.445. The Morgan fingerprint density at radius 2 is 2.05 bits per heavy atom. The number of aliphatic hydroxyl groups excluding tert-OH is 1. The summed E-state index contributed by atoms with van der Waals surface area (Å²) >= 11 is 0. The molecule has 3 nitrogen and oxygen atoms in total. The Balaban J connectivity index is 1.59. The summed E-state index contributed by atoms with van der Waals surface area (Å²) in [6, 6.07) is 9.96. The van der Waals surface area contributed by atoms with Gasteiger partial charge in [0.15, 0.2) is 0 Å². The van der Waals surface area contributed by atoms with Crippen molar-refractivity contribution in [3.63, 3.8) is 0 Å². The van der Waals surface area contributed by atoms with Crippen LogP contribution < -0.4 is 0 Å². The van der Waals surface area contributed by atoms with Gasteiger partial charge in [0.25, 0.3) is 0 Å². The maximum absolute atomic E-state index is 9.84. The largest absolute Gasteiger partial charge is 0.386 e. The van der Waals surface area contributed by atoms with E-state index in [0.29, 0.717) is 12.5 Å². The monoisotopic (exact) mass is 262 g/mol. The Bertz CT molecular complexity index is 384. The van der Waals surface area contributed by atoms with Crippen LogP contribution in [0, 0.1) is 5.92 Å². The van der Waals surface area contributed by atoms with Crippen LogP contribution in [-0.4, -0.2) is 24.1 Å². The molecule has 1 aromatic rings. The highest BCUT2D eigenvalue weighted by Gasteiger charge is 2.19. The minimum atomic E-state index is -0.555. The van der Waals surface area contributed by atoms with Crippen LogP contribution in [0.5, 0.6) is 0 Å². The molecule has 1 fully saturated rings. The van der Waals surface area contributed by atoms with Gasteiger partial charge in [0.2, 0.25) is 0 Å². The number of allylic oxidation sites excluding steroid dienone is 1. The summed E-state index contributed by atoms with van der Waals surface area (Å²) in [4.78, 5) is 0. The molecule has 1 aromatic carbocycles.